The molecular formula is C13H15BrN2O. The number of hydrogen-bond donors (Lipinski definition) is 1. The fraction of sp³-hybridized carbons (Fsp3) is 0.308. The van der Waals surface area contributed by atoms with E-state index in [1.54, 1.807) is 10.9 Å². The van der Waals surface area contributed by atoms with Crippen LogP contribution in [0.25, 0.3) is 0 Å². The molecule has 2 rings (SSSR count). The number of hydrogen-bond acceptors (Lipinski definition) is 2. The van der Waals surface area contributed by atoms with Crippen LogP contribution in [0.1, 0.15) is 28.5 Å². The monoisotopic (exact) mass is 294 g/mol. The topological polar surface area (TPSA) is 38.1 Å². The van der Waals surface area contributed by atoms with Gasteiger partial charge in [0.05, 0.1) is 16.4 Å². The number of aryl methyl sites for hydroxylation is 3. The Morgan fingerprint density at radius 3 is 2.53 bits per heavy atom. The van der Waals surface area contributed by atoms with Crippen molar-refractivity contribution in [1.29, 1.82) is 0 Å². The second-order valence-corrected chi connectivity index (χ2v) is 5.10. The molecule has 2 aromatic rings. The molecular weight excluding hydrogens is 280 g/mol. The second-order valence-electron chi connectivity index (χ2n) is 4.25. The minimum Gasteiger partial charge on any atom is -0.382 e. The van der Waals surface area contributed by atoms with E-state index < -0.39 is 6.10 Å². The van der Waals surface area contributed by atoms with Crippen LogP contribution in [-0.4, -0.2) is 14.9 Å². The average molecular weight is 295 g/mol. The molecule has 1 atom stereocenters. The van der Waals surface area contributed by atoms with Crippen LogP contribution >= 0.6 is 15.9 Å². The summed E-state index contributed by atoms with van der Waals surface area (Å²) in [5.41, 5.74) is 4.07. The van der Waals surface area contributed by atoms with Crippen LogP contribution in [-0.2, 0) is 7.05 Å². The lowest BCUT2D eigenvalue weighted by Gasteiger charge is -2.14. The van der Waals surface area contributed by atoms with Crippen LogP contribution in [0, 0.1) is 13.8 Å². The molecule has 0 bridgehead atoms. The van der Waals surface area contributed by atoms with Gasteiger partial charge in [-0.1, -0.05) is 18.2 Å². The van der Waals surface area contributed by atoms with Gasteiger partial charge in [-0.15, -0.1) is 0 Å². The molecule has 0 aliphatic heterocycles. The Hall–Kier alpha value is -1.13. The van der Waals surface area contributed by atoms with E-state index in [1.807, 2.05) is 32.2 Å². The van der Waals surface area contributed by atoms with Crippen molar-refractivity contribution in [3.8, 4) is 0 Å². The highest BCUT2D eigenvalue weighted by Crippen LogP contribution is 2.28. The molecule has 1 N–H and O–H groups in total. The molecule has 0 radical (unpaired) electrons. The lowest BCUT2D eigenvalue weighted by molar-refractivity contribution is 0.209. The minimum absolute atomic E-state index is 0.656. The van der Waals surface area contributed by atoms with Gasteiger partial charge >= 0.3 is 0 Å². The van der Waals surface area contributed by atoms with Gasteiger partial charge in [-0.05, 0) is 46.5 Å². The molecule has 0 saturated carbocycles. The van der Waals surface area contributed by atoms with E-state index in [0.717, 1.165) is 15.7 Å². The van der Waals surface area contributed by atoms with Crippen molar-refractivity contribution in [2.24, 2.45) is 7.05 Å². The smallest absolute Gasteiger partial charge is 0.122 e. The van der Waals surface area contributed by atoms with E-state index in [1.165, 1.54) is 11.1 Å². The highest BCUT2D eigenvalue weighted by Gasteiger charge is 2.18. The SMILES string of the molecule is Cc1ccc(C(O)c2c(Br)cnn2C)cc1C. The fourth-order valence-electron chi connectivity index (χ4n) is 1.82. The van der Waals surface area contributed by atoms with Crippen molar-refractivity contribution in [3.63, 3.8) is 0 Å². The first-order valence-corrected chi connectivity index (χ1v) is 6.22. The van der Waals surface area contributed by atoms with E-state index in [4.69, 9.17) is 0 Å². The standard InChI is InChI=1S/C13H15BrN2O/c1-8-4-5-10(6-9(8)2)13(17)12-11(14)7-15-16(12)3/h4-7,13,17H,1-3H3. The average Bonchev–Trinajstić information content (AvgIpc) is 2.62. The van der Waals surface area contributed by atoms with Crippen LogP contribution in [0.4, 0.5) is 0 Å². The van der Waals surface area contributed by atoms with Crippen molar-refractivity contribution in [2.75, 3.05) is 0 Å². The van der Waals surface area contributed by atoms with Gasteiger partial charge < -0.3 is 5.11 Å². The Kier molecular flexibility index (Phi) is 3.35. The summed E-state index contributed by atoms with van der Waals surface area (Å²) in [7, 11) is 1.82. The normalized spacial score (nSPS) is 12.8. The third kappa shape index (κ3) is 2.28. The molecule has 0 amide bonds. The molecule has 0 saturated heterocycles. The molecule has 1 unspecified atom stereocenters. The summed E-state index contributed by atoms with van der Waals surface area (Å²) in [6.07, 6.45) is 1.04. The van der Waals surface area contributed by atoms with Gasteiger partial charge in [0.1, 0.15) is 6.10 Å². The maximum Gasteiger partial charge on any atom is 0.122 e. The summed E-state index contributed by atoms with van der Waals surface area (Å²) in [4.78, 5) is 0. The number of nitrogens with zero attached hydrogens (tertiary/aromatic N) is 2. The minimum atomic E-state index is -0.656. The van der Waals surface area contributed by atoms with Gasteiger partial charge in [-0.25, -0.2) is 0 Å². The zero-order valence-electron chi connectivity index (χ0n) is 10.1. The van der Waals surface area contributed by atoms with Gasteiger partial charge in [0.2, 0.25) is 0 Å². The third-order valence-corrected chi connectivity index (χ3v) is 3.65. The molecule has 0 fully saturated rings. The van der Waals surface area contributed by atoms with Crippen LogP contribution in [0.3, 0.4) is 0 Å². The zero-order chi connectivity index (χ0) is 12.6. The Morgan fingerprint density at radius 1 is 1.29 bits per heavy atom. The number of benzene rings is 1. The van der Waals surface area contributed by atoms with Gasteiger partial charge in [0.15, 0.2) is 0 Å². The number of halogens is 1. The van der Waals surface area contributed by atoms with Crippen molar-refractivity contribution in [1.82, 2.24) is 9.78 Å². The van der Waals surface area contributed by atoms with Crippen molar-refractivity contribution < 1.29 is 5.11 Å². The number of aromatic nitrogens is 2. The predicted octanol–water partition coefficient (Wildman–Crippen LogP) is 2.88. The number of rotatable bonds is 2. The summed E-state index contributed by atoms with van der Waals surface area (Å²) in [5, 5.41) is 14.5. The Balaban J connectivity index is 2.43. The zero-order valence-corrected chi connectivity index (χ0v) is 11.7. The van der Waals surface area contributed by atoms with Crippen LogP contribution in [0.2, 0.25) is 0 Å². The Morgan fingerprint density at radius 2 is 2.00 bits per heavy atom. The summed E-state index contributed by atoms with van der Waals surface area (Å²) in [6.45, 7) is 4.11. The first-order chi connectivity index (χ1) is 8.00. The predicted molar refractivity (Wildman–Crippen MR) is 70.9 cm³/mol. The first-order valence-electron chi connectivity index (χ1n) is 5.43. The first kappa shape index (κ1) is 12.3. The quantitative estimate of drug-likeness (QED) is 0.925. The van der Waals surface area contributed by atoms with Crippen LogP contribution < -0.4 is 0 Å². The maximum absolute atomic E-state index is 10.4. The highest BCUT2D eigenvalue weighted by molar-refractivity contribution is 9.10. The summed E-state index contributed by atoms with van der Waals surface area (Å²) >= 11 is 3.40. The molecule has 0 spiro atoms. The van der Waals surface area contributed by atoms with Crippen molar-refractivity contribution in [3.05, 3.63) is 51.3 Å². The lowest BCUT2D eigenvalue weighted by Crippen LogP contribution is -2.07. The molecule has 1 heterocycles. The largest absolute Gasteiger partial charge is 0.382 e. The molecule has 4 heteroatoms. The molecule has 17 heavy (non-hydrogen) atoms. The fourth-order valence-corrected chi connectivity index (χ4v) is 2.39. The molecule has 3 nitrogen and oxygen atoms in total. The molecule has 0 aliphatic rings. The van der Waals surface area contributed by atoms with E-state index >= 15 is 0 Å². The lowest BCUT2D eigenvalue weighted by atomic mass is 10.0. The number of aliphatic hydroxyl groups is 1. The highest BCUT2D eigenvalue weighted by atomic mass is 79.9. The summed E-state index contributed by atoms with van der Waals surface area (Å²) in [6, 6.07) is 5.99. The Bertz CT molecular complexity index is 529. The van der Waals surface area contributed by atoms with Gasteiger partial charge in [-0.2, -0.15) is 5.10 Å². The van der Waals surface area contributed by atoms with Crippen molar-refractivity contribution >= 4 is 15.9 Å². The van der Waals surface area contributed by atoms with Gasteiger partial charge in [-0.3, -0.25) is 4.68 Å². The molecule has 0 aliphatic carbocycles. The van der Waals surface area contributed by atoms with Gasteiger partial charge in [0.25, 0.3) is 0 Å². The molecule has 1 aromatic heterocycles. The van der Waals surface area contributed by atoms with E-state index in [0.29, 0.717) is 0 Å². The summed E-state index contributed by atoms with van der Waals surface area (Å²) in [5.74, 6) is 0. The van der Waals surface area contributed by atoms with E-state index in [9.17, 15) is 5.11 Å². The molecule has 1 aromatic carbocycles. The second kappa shape index (κ2) is 4.63. The third-order valence-electron chi connectivity index (χ3n) is 3.04. The number of aliphatic hydroxyl groups excluding tert-OH is 1. The van der Waals surface area contributed by atoms with E-state index in [-0.39, 0.29) is 0 Å². The van der Waals surface area contributed by atoms with Crippen LogP contribution in [0.5, 0.6) is 0 Å². The van der Waals surface area contributed by atoms with Crippen molar-refractivity contribution in [2.45, 2.75) is 20.0 Å². The summed E-state index contributed by atoms with van der Waals surface area (Å²) < 4.78 is 2.51. The molecule has 90 valence electrons. The van der Waals surface area contributed by atoms with Crippen LogP contribution in [0.15, 0.2) is 28.9 Å². The maximum atomic E-state index is 10.4. The van der Waals surface area contributed by atoms with E-state index in [2.05, 4.69) is 28.0 Å². The van der Waals surface area contributed by atoms with Gasteiger partial charge in [0, 0.05) is 7.05 Å². The Labute approximate surface area is 109 Å².